The summed E-state index contributed by atoms with van der Waals surface area (Å²) >= 11 is 0. The highest BCUT2D eigenvalue weighted by Gasteiger charge is 2.41. The third kappa shape index (κ3) is 4.58. The summed E-state index contributed by atoms with van der Waals surface area (Å²) in [5, 5.41) is -1.85. The third-order valence-corrected chi connectivity index (χ3v) is 5.23. The SMILES string of the molecule is CCC(P(=O)(O)O)P(=O)(O)O.Cl. The largest absolute Gasteiger partial charge is 0.340 e. The van der Waals surface area contributed by atoms with Crippen LogP contribution in [0.25, 0.3) is 0 Å². The standard InChI is InChI=1S/C3H10O6P2.ClH/c1-2-3(10(4,5)6)11(7,8)9;/h3H,2H2,1H3,(H2,4,5,6)(H2,7,8,9);1H. The van der Waals surface area contributed by atoms with Crippen LogP contribution in [0.5, 0.6) is 0 Å². The molecule has 12 heavy (non-hydrogen) atoms. The Hall–Kier alpha value is 0.590. The molecule has 0 aromatic carbocycles. The summed E-state index contributed by atoms with van der Waals surface area (Å²) in [6, 6.07) is 0. The minimum Gasteiger partial charge on any atom is -0.324 e. The zero-order valence-electron chi connectivity index (χ0n) is 6.19. The lowest BCUT2D eigenvalue weighted by Gasteiger charge is -2.16. The Morgan fingerprint density at radius 3 is 1.33 bits per heavy atom. The van der Waals surface area contributed by atoms with Gasteiger partial charge in [-0.1, -0.05) is 6.92 Å². The van der Waals surface area contributed by atoms with Gasteiger partial charge in [-0.05, 0) is 6.42 Å². The van der Waals surface area contributed by atoms with Gasteiger partial charge >= 0.3 is 15.2 Å². The summed E-state index contributed by atoms with van der Waals surface area (Å²) < 4.78 is 20.8. The Bertz CT molecular complexity index is 195. The second-order valence-electron chi connectivity index (χ2n) is 2.07. The normalized spacial score (nSPS) is 12.8. The van der Waals surface area contributed by atoms with Crippen molar-refractivity contribution in [2.24, 2.45) is 0 Å². The molecule has 0 radical (unpaired) electrons. The molecular weight excluding hydrogens is 229 g/mol. The molecule has 9 heteroatoms. The maximum absolute atomic E-state index is 10.4. The van der Waals surface area contributed by atoms with E-state index in [9.17, 15) is 9.13 Å². The van der Waals surface area contributed by atoms with Crippen LogP contribution >= 0.6 is 27.6 Å². The molecule has 0 saturated heterocycles. The Kier molecular flexibility index (Phi) is 5.93. The fourth-order valence-corrected chi connectivity index (χ4v) is 3.19. The summed E-state index contributed by atoms with van der Waals surface area (Å²) in [6.45, 7) is 1.31. The molecule has 0 atom stereocenters. The van der Waals surface area contributed by atoms with Crippen molar-refractivity contribution in [3.8, 4) is 0 Å². The average molecular weight is 241 g/mol. The van der Waals surface area contributed by atoms with Gasteiger partial charge in [-0.15, -0.1) is 12.4 Å². The van der Waals surface area contributed by atoms with Gasteiger partial charge < -0.3 is 19.6 Å². The van der Waals surface area contributed by atoms with Crippen LogP contribution in [0, 0.1) is 0 Å². The van der Waals surface area contributed by atoms with Gasteiger partial charge in [-0.3, -0.25) is 9.13 Å². The smallest absolute Gasteiger partial charge is 0.324 e. The second-order valence-corrected chi connectivity index (χ2v) is 6.08. The van der Waals surface area contributed by atoms with E-state index in [1.807, 2.05) is 0 Å². The first-order valence-corrected chi connectivity index (χ1v) is 6.16. The number of rotatable bonds is 3. The van der Waals surface area contributed by atoms with E-state index in [-0.39, 0.29) is 18.8 Å². The van der Waals surface area contributed by atoms with Crippen LogP contribution < -0.4 is 0 Å². The molecule has 4 N–H and O–H groups in total. The maximum atomic E-state index is 10.4. The van der Waals surface area contributed by atoms with Crippen molar-refractivity contribution in [2.45, 2.75) is 18.7 Å². The van der Waals surface area contributed by atoms with Gasteiger partial charge in [0.2, 0.25) is 0 Å². The molecule has 0 rings (SSSR count). The lowest BCUT2D eigenvalue weighted by Crippen LogP contribution is -2.07. The molecular formula is C3H11ClO6P2. The van der Waals surface area contributed by atoms with Crippen molar-refractivity contribution < 1.29 is 28.7 Å². The molecule has 0 saturated carbocycles. The van der Waals surface area contributed by atoms with Gasteiger partial charge in [0.25, 0.3) is 0 Å². The van der Waals surface area contributed by atoms with Crippen molar-refractivity contribution in [1.82, 2.24) is 0 Å². The zero-order valence-corrected chi connectivity index (χ0v) is 8.80. The van der Waals surface area contributed by atoms with Crippen LogP contribution in [0.15, 0.2) is 0 Å². The minimum absolute atomic E-state index is 0. The quantitative estimate of drug-likeness (QED) is 0.534. The molecule has 0 amide bonds. The van der Waals surface area contributed by atoms with Crippen molar-refractivity contribution in [1.29, 1.82) is 0 Å². The fraction of sp³-hybridized carbons (Fsp3) is 1.00. The summed E-state index contributed by atoms with van der Waals surface area (Å²) in [7, 11) is -9.32. The van der Waals surface area contributed by atoms with Gasteiger partial charge in [-0.25, -0.2) is 0 Å². The monoisotopic (exact) mass is 240 g/mol. The van der Waals surface area contributed by atoms with Crippen LogP contribution in [0.4, 0.5) is 0 Å². The first kappa shape index (κ1) is 15.1. The van der Waals surface area contributed by atoms with E-state index in [0.717, 1.165) is 0 Å². The van der Waals surface area contributed by atoms with E-state index in [2.05, 4.69) is 0 Å². The van der Waals surface area contributed by atoms with Crippen LogP contribution in [0.2, 0.25) is 0 Å². The molecule has 0 aromatic rings. The first-order valence-electron chi connectivity index (χ1n) is 2.80. The zero-order chi connectivity index (χ0) is 9.28. The van der Waals surface area contributed by atoms with Crippen molar-refractivity contribution in [3.05, 3.63) is 0 Å². The molecule has 0 aromatic heterocycles. The topological polar surface area (TPSA) is 115 Å². The van der Waals surface area contributed by atoms with Crippen LogP contribution in [0.3, 0.4) is 0 Å². The Balaban J connectivity index is 0. The van der Waals surface area contributed by atoms with Crippen LogP contribution in [-0.4, -0.2) is 25.0 Å². The molecule has 0 aliphatic heterocycles. The average Bonchev–Trinajstić information content (AvgIpc) is 1.56. The van der Waals surface area contributed by atoms with Crippen molar-refractivity contribution in [3.63, 3.8) is 0 Å². The highest BCUT2D eigenvalue weighted by molar-refractivity contribution is 7.70. The molecule has 0 heterocycles. The molecule has 0 spiro atoms. The molecule has 0 aliphatic carbocycles. The Labute approximate surface area is 75.7 Å². The highest BCUT2D eigenvalue weighted by Crippen LogP contribution is 2.61. The van der Waals surface area contributed by atoms with E-state index >= 15 is 0 Å². The molecule has 0 bridgehead atoms. The highest BCUT2D eigenvalue weighted by atomic mass is 35.5. The van der Waals surface area contributed by atoms with Gasteiger partial charge in [0.1, 0.15) is 0 Å². The molecule has 0 fully saturated rings. The molecule has 76 valence electrons. The number of hydrogen-bond acceptors (Lipinski definition) is 2. The minimum atomic E-state index is -4.66. The molecule has 6 nitrogen and oxygen atoms in total. The van der Waals surface area contributed by atoms with Gasteiger partial charge in [-0.2, -0.15) is 0 Å². The molecule has 0 aliphatic rings. The summed E-state index contributed by atoms with van der Waals surface area (Å²) in [6.07, 6.45) is -0.242. The van der Waals surface area contributed by atoms with Gasteiger partial charge in [0, 0.05) is 0 Å². The summed E-state index contributed by atoms with van der Waals surface area (Å²) in [5.74, 6) is 0. The van der Waals surface area contributed by atoms with E-state index in [1.165, 1.54) is 6.92 Å². The van der Waals surface area contributed by atoms with Crippen LogP contribution in [0.1, 0.15) is 13.3 Å². The predicted molar refractivity (Wildman–Crippen MR) is 45.4 cm³/mol. The Morgan fingerprint density at radius 2 is 1.33 bits per heavy atom. The van der Waals surface area contributed by atoms with Crippen molar-refractivity contribution >= 4 is 27.6 Å². The Morgan fingerprint density at radius 1 is 1.08 bits per heavy atom. The molecule has 0 unspecified atom stereocenters. The summed E-state index contributed by atoms with van der Waals surface area (Å²) in [5.41, 5.74) is 0. The van der Waals surface area contributed by atoms with Gasteiger partial charge in [0.15, 0.2) is 5.40 Å². The van der Waals surface area contributed by atoms with E-state index in [4.69, 9.17) is 19.6 Å². The predicted octanol–water partition coefficient (Wildman–Crippen LogP) is 0.500. The lowest BCUT2D eigenvalue weighted by molar-refractivity contribution is 0.337. The maximum Gasteiger partial charge on any atom is 0.340 e. The summed E-state index contributed by atoms with van der Waals surface area (Å²) in [4.78, 5) is 33.7. The van der Waals surface area contributed by atoms with Gasteiger partial charge in [0.05, 0.1) is 0 Å². The van der Waals surface area contributed by atoms with Crippen LogP contribution in [-0.2, 0) is 9.13 Å². The lowest BCUT2D eigenvalue weighted by atomic mass is 10.6. The first-order chi connectivity index (χ1) is 4.69. The number of halogens is 1. The van der Waals surface area contributed by atoms with E-state index in [1.54, 1.807) is 0 Å². The second kappa shape index (κ2) is 4.72. The fourth-order valence-electron chi connectivity index (χ4n) is 0.672. The number of hydrogen-bond donors (Lipinski definition) is 4. The van der Waals surface area contributed by atoms with E-state index < -0.39 is 20.6 Å². The van der Waals surface area contributed by atoms with E-state index in [0.29, 0.717) is 0 Å². The third-order valence-electron chi connectivity index (χ3n) is 1.14. The van der Waals surface area contributed by atoms with Crippen molar-refractivity contribution in [2.75, 3.05) is 0 Å².